The summed E-state index contributed by atoms with van der Waals surface area (Å²) in [6, 6.07) is 6.42. The summed E-state index contributed by atoms with van der Waals surface area (Å²) in [7, 11) is 0. The molecule has 1 fully saturated rings. The molecule has 1 heterocycles. The molecule has 0 N–H and O–H groups in total. The molecule has 17 heavy (non-hydrogen) atoms. The molecule has 0 aromatic heterocycles. The minimum absolute atomic E-state index is 0.824. The number of halogens is 2. The lowest BCUT2D eigenvalue weighted by atomic mass is 10.0. The van der Waals surface area contributed by atoms with Crippen LogP contribution >= 0.6 is 27.5 Å². The Balaban J connectivity index is 2.06. The van der Waals surface area contributed by atoms with Crippen LogP contribution in [0.4, 0.5) is 5.69 Å². The van der Waals surface area contributed by atoms with E-state index < -0.39 is 0 Å². The number of nitrogens with zero attached hydrogens (tertiary/aromatic N) is 1. The zero-order chi connectivity index (χ0) is 12.3. The highest BCUT2D eigenvalue weighted by Gasteiger charge is 2.22. The molecular weight excluding hydrogens is 298 g/mol. The van der Waals surface area contributed by atoms with Gasteiger partial charge in [0.25, 0.3) is 0 Å². The van der Waals surface area contributed by atoms with Crippen LogP contribution < -0.4 is 4.90 Å². The van der Waals surface area contributed by atoms with E-state index in [1.165, 1.54) is 43.6 Å². The number of rotatable bonds is 4. The Morgan fingerprint density at radius 3 is 2.94 bits per heavy atom. The molecule has 2 rings (SSSR count). The van der Waals surface area contributed by atoms with E-state index in [2.05, 4.69) is 46.0 Å². The van der Waals surface area contributed by atoms with Crippen molar-refractivity contribution < 1.29 is 0 Å². The van der Waals surface area contributed by atoms with Crippen molar-refractivity contribution in [2.24, 2.45) is 5.92 Å². The van der Waals surface area contributed by atoms with Gasteiger partial charge in [-0.1, -0.05) is 46.9 Å². The molecule has 0 radical (unpaired) electrons. The fraction of sp³-hybridized carbons (Fsp3) is 0.571. The fourth-order valence-corrected chi connectivity index (χ4v) is 3.44. The fourth-order valence-electron chi connectivity index (χ4n) is 2.55. The Kier molecular flexibility index (Phi) is 4.75. The Morgan fingerprint density at radius 1 is 1.47 bits per heavy atom. The normalized spacial score (nSPS) is 19.9. The minimum Gasteiger partial charge on any atom is -0.371 e. The molecule has 3 heteroatoms. The standard InChI is InChI=1S/C14H19BrClN/c1-2-3-11-6-7-17(10-11)13-5-4-12(9-15)14(16)8-13/h4-5,8,11H,2-3,6-7,9-10H2,1H3. The molecule has 1 saturated heterocycles. The monoisotopic (exact) mass is 315 g/mol. The average molecular weight is 317 g/mol. The van der Waals surface area contributed by atoms with Gasteiger partial charge in [-0.3, -0.25) is 0 Å². The van der Waals surface area contributed by atoms with E-state index in [4.69, 9.17) is 11.6 Å². The maximum absolute atomic E-state index is 6.25. The van der Waals surface area contributed by atoms with Crippen molar-refractivity contribution in [2.45, 2.75) is 31.5 Å². The van der Waals surface area contributed by atoms with Gasteiger partial charge in [0.05, 0.1) is 0 Å². The maximum atomic E-state index is 6.25. The van der Waals surface area contributed by atoms with Crippen LogP contribution in [0.1, 0.15) is 31.7 Å². The molecule has 1 unspecified atom stereocenters. The topological polar surface area (TPSA) is 3.24 Å². The predicted octanol–water partition coefficient (Wildman–Crippen LogP) is 4.86. The van der Waals surface area contributed by atoms with Gasteiger partial charge in [0, 0.05) is 29.1 Å². The van der Waals surface area contributed by atoms with Crippen molar-refractivity contribution in [2.75, 3.05) is 18.0 Å². The van der Waals surface area contributed by atoms with Crippen molar-refractivity contribution >= 4 is 33.2 Å². The molecule has 0 amide bonds. The molecule has 94 valence electrons. The van der Waals surface area contributed by atoms with Crippen LogP contribution in [0.2, 0.25) is 5.02 Å². The maximum Gasteiger partial charge on any atom is 0.0467 e. The number of anilines is 1. The zero-order valence-corrected chi connectivity index (χ0v) is 12.6. The molecule has 0 aliphatic carbocycles. The van der Waals surface area contributed by atoms with Crippen molar-refractivity contribution in [3.8, 4) is 0 Å². The summed E-state index contributed by atoms with van der Waals surface area (Å²) in [4.78, 5) is 2.46. The van der Waals surface area contributed by atoms with E-state index in [1.807, 2.05) is 0 Å². The SMILES string of the molecule is CCCC1CCN(c2ccc(CBr)c(Cl)c2)C1. The van der Waals surface area contributed by atoms with Gasteiger partial charge in [-0.2, -0.15) is 0 Å². The Hall–Kier alpha value is -0.210. The quantitative estimate of drug-likeness (QED) is 0.717. The van der Waals surface area contributed by atoms with Crippen molar-refractivity contribution in [1.29, 1.82) is 0 Å². The van der Waals surface area contributed by atoms with Gasteiger partial charge in [0.2, 0.25) is 0 Å². The summed E-state index contributed by atoms with van der Waals surface area (Å²) >= 11 is 9.70. The summed E-state index contributed by atoms with van der Waals surface area (Å²) in [6.45, 7) is 4.64. The summed E-state index contributed by atoms with van der Waals surface area (Å²) in [5, 5.41) is 1.70. The summed E-state index contributed by atoms with van der Waals surface area (Å²) < 4.78 is 0. The third-order valence-electron chi connectivity index (χ3n) is 3.53. The zero-order valence-electron chi connectivity index (χ0n) is 10.3. The Labute approximate surface area is 117 Å². The summed E-state index contributed by atoms with van der Waals surface area (Å²) in [5.74, 6) is 0.870. The summed E-state index contributed by atoms with van der Waals surface area (Å²) in [6.07, 6.45) is 3.97. The van der Waals surface area contributed by atoms with E-state index in [9.17, 15) is 0 Å². The van der Waals surface area contributed by atoms with Gasteiger partial charge in [0.15, 0.2) is 0 Å². The van der Waals surface area contributed by atoms with Crippen LogP contribution in [0.15, 0.2) is 18.2 Å². The minimum atomic E-state index is 0.824. The smallest absolute Gasteiger partial charge is 0.0467 e. The Morgan fingerprint density at radius 2 is 2.29 bits per heavy atom. The number of hydrogen-bond acceptors (Lipinski definition) is 1. The van der Waals surface area contributed by atoms with Crippen molar-refractivity contribution in [1.82, 2.24) is 0 Å². The first-order chi connectivity index (χ1) is 8.24. The molecule has 1 nitrogen and oxygen atoms in total. The van der Waals surface area contributed by atoms with Crippen LogP contribution in [0.5, 0.6) is 0 Å². The van der Waals surface area contributed by atoms with Gasteiger partial charge in [0.1, 0.15) is 0 Å². The second kappa shape index (κ2) is 6.10. The third-order valence-corrected chi connectivity index (χ3v) is 4.48. The summed E-state index contributed by atoms with van der Waals surface area (Å²) in [5.41, 5.74) is 2.44. The number of alkyl halides is 1. The van der Waals surface area contributed by atoms with Crippen molar-refractivity contribution in [3.05, 3.63) is 28.8 Å². The number of benzene rings is 1. The van der Waals surface area contributed by atoms with Crippen LogP contribution in [0.25, 0.3) is 0 Å². The molecule has 1 aromatic carbocycles. The lowest BCUT2D eigenvalue weighted by molar-refractivity contribution is 0.530. The first-order valence-corrected chi connectivity index (χ1v) is 7.84. The molecular formula is C14H19BrClN. The number of hydrogen-bond donors (Lipinski definition) is 0. The van der Waals surface area contributed by atoms with E-state index in [1.54, 1.807) is 0 Å². The second-order valence-corrected chi connectivity index (χ2v) is 5.77. The first kappa shape index (κ1) is 13.2. The van der Waals surface area contributed by atoms with Crippen LogP contribution in [0, 0.1) is 5.92 Å². The van der Waals surface area contributed by atoms with Crippen LogP contribution in [-0.4, -0.2) is 13.1 Å². The molecule has 0 spiro atoms. The van der Waals surface area contributed by atoms with Gasteiger partial charge in [-0.15, -0.1) is 0 Å². The predicted molar refractivity (Wildman–Crippen MR) is 79.3 cm³/mol. The van der Waals surface area contributed by atoms with E-state index >= 15 is 0 Å². The molecule has 0 bridgehead atoms. The van der Waals surface area contributed by atoms with Crippen molar-refractivity contribution in [3.63, 3.8) is 0 Å². The molecule has 1 aromatic rings. The highest BCUT2D eigenvalue weighted by atomic mass is 79.9. The van der Waals surface area contributed by atoms with Crippen LogP contribution in [0.3, 0.4) is 0 Å². The molecule has 1 aliphatic heterocycles. The van der Waals surface area contributed by atoms with Gasteiger partial charge in [-0.25, -0.2) is 0 Å². The lowest BCUT2D eigenvalue weighted by Crippen LogP contribution is -2.19. The van der Waals surface area contributed by atoms with E-state index in [0.29, 0.717) is 0 Å². The largest absolute Gasteiger partial charge is 0.371 e. The molecule has 0 saturated carbocycles. The van der Waals surface area contributed by atoms with Gasteiger partial charge >= 0.3 is 0 Å². The third kappa shape index (κ3) is 3.17. The van der Waals surface area contributed by atoms with E-state index in [-0.39, 0.29) is 0 Å². The molecule has 1 atom stereocenters. The highest BCUT2D eigenvalue weighted by molar-refractivity contribution is 9.08. The van der Waals surface area contributed by atoms with Gasteiger partial charge in [-0.05, 0) is 36.5 Å². The lowest BCUT2D eigenvalue weighted by Gasteiger charge is -2.19. The first-order valence-electron chi connectivity index (χ1n) is 6.34. The Bertz CT molecular complexity index is 380. The van der Waals surface area contributed by atoms with Crippen LogP contribution in [-0.2, 0) is 5.33 Å². The molecule has 1 aliphatic rings. The van der Waals surface area contributed by atoms with Gasteiger partial charge < -0.3 is 4.90 Å². The second-order valence-electron chi connectivity index (χ2n) is 4.80. The van der Waals surface area contributed by atoms with E-state index in [0.717, 1.165) is 16.3 Å². The average Bonchev–Trinajstić information content (AvgIpc) is 2.78. The highest BCUT2D eigenvalue weighted by Crippen LogP contribution is 2.30.